The highest BCUT2D eigenvalue weighted by atomic mass is 16.6. The summed E-state index contributed by atoms with van der Waals surface area (Å²) in [7, 11) is 2.09. The van der Waals surface area contributed by atoms with Gasteiger partial charge in [0.25, 0.3) is 5.69 Å². The first kappa shape index (κ1) is 17.0. The molecular weight excluding hydrogens is 298 g/mol. The number of nitrogens with zero attached hydrogens (tertiary/aromatic N) is 4. The highest BCUT2D eigenvalue weighted by Gasteiger charge is 2.14. The first-order chi connectivity index (χ1) is 11.0. The zero-order chi connectivity index (χ0) is 16.7. The first-order valence-electron chi connectivity index (χ1n) is 7.52. The second kappa shape index (κ2) is 8.35. The molecule has 2 rings (SSSR count). The molecule has 1 aromatic rings. The van der Waals surface area contributed by atoms with E-state index in [-0.39, 0.29) is 11.6 Å². The third-order valence-electron chi connectivity index (χ3n) is 3.73. The molecule has 1 heterocycles. The highest BCUT2D eigenvalue weighted by molar-refractivity contribution is 5.83. The molecule has 1 fully saturated rings. The molecule has 1 N–H and O–H groups in total. The topological polar surface area (TPSA) is 91.1 Å². The predicted octanol–water partition coefficient (Wildman–Crippen LogP) is 0.682. The van der Waals surface area contributed by atoms with E-state index in [1.54, 1.807) is 12.1 Å². The smallest absolute Gasteiger partial charge is 0.270 e. The number of nitro benzene ring substituents is 1. The number of hydrogen-bond acceptors (Lipinski definition) is 6. The van der Waals surface area contributed by atoms with Crippen LogP contribution in [0.3, 0.4) is 0 Å². The lowest BCUT2D eigenvalue weighted by molar-refractivity contribution is -0.384. The molecule has 23 heavy (non-hydrogen) atoms. The van der Waals surface area contributed by atoms with Crippen LogP contribution in [0.15, 0.2) is 29.4 Å². The molecule has 0 saturated carbocycles. The molecule has 0 atom stereocenters. The number of hydrazone groups is 1. The number of carbonyl (C=O) groups excluding carboxylic acids is 1. The van der Waals surface area contributed by atoms with Crippen molar-refractivity contribution in [3.8, 4) is 0 Å². The van der Waals surface area contributed by atoms with E-state index in [0.29, 0.717) is 18.5 Å². The van der Waals surface area contributed by atoms with Gasteiger partial charge in [0.1, 0.15) is 0 Å². The van der Waals surface area contributed by atoms with Gasteiger partial charge < -0.3 is 9.80 Å². The van der Waals surface area contributed by atoms with Gasteiger partial charge in [-0.2, -0.15) is 5.10 Å². The van der Waals surface area contributed by atoms with Crippen molar-refractivity contribution in [3.63, 3.8) is 0 Å². The second-order valence-electron chi connectivity index (χ2n) is 5.54. The number of rotatable bonds is 6. The molecule has 0 spiro atoms. The van der Waals surface area contributed by atoms with Crippen LogP contribution >= 0.6 is 0 Å². The molecule has 124 valence electrons. The van der Waals surface area contributed by atoms with Crippen LogP contribution in [0.4, 0.5) is 5.69 Å². The molecule has 1 aromatic carbocycles. The van der Waals surface area contributed by atoms with Gasteiger partial charge in [0.15, 0.2) is 0 Å². The fourth-order valence-corrected chi connectivity index (χ4v) is 2.28. The minimum absolute atomic E-state index is 0.00431. The number of non-ortho nitro benzene ring substituents is 1. The summed E-state index contributed by atoms with van der Waals surface area (Å²) >= 11 is 0. The molecular formula is C15H21N5O3. The summed E-state index contributed by atoms with van der Waals surface area (Å²) in [5.41, 5.74) is 3.02. The molecule has 0 radical (unpaired) electrons. The Morgan fingerprint density at radius 2 is 2.13 bits per heavy atom. The Bertz CT molecular complexity index is 582. The van der Waals surface area contributed by atoms with Crippen LogP contribution in [0.2, 0.25) is 0 Å². The monoisotopic (exact) mass is 319 g/mol. The summed E-state index contributed by atoms with van der Waals surface area (Å²) in [6.45, 7) is 4.70. The molecule has 1 aliphatic heterocycles. The Morgan fingerprint density at radius 1 is 1.39 bits per heavy atom. The van der Waals surface area contributed by atoms with Gasteiger partial charge in [-0.3, -0.25) is 14.9 Å². The fraction of sp³-hybridized carbons (Fsp3) is 0.467. The number of likely N-dealkylation sites (N-methyl/N-ethyl adjacent to an activating group) is 1. The average molecular weight is 319 g/mol. The van der Waals surface area contributed by atoms with Gasteiger partial charge in [-0.15, -0.1) is 0 Å². The summed E-state index contributed by atoms with van der Waals surface area (Å²) in [6.07, 6.45) is 1.79. The zero-order valence-electron chi connectivity index (χ0n) is 13.1. The van der Waals surface area contributed by atoms with Crippen LogP contribution in [0.25, 0.3) is 0 Å². The lowest BCUT2D eigenvalue weighted by Crippen LogP contribution is -2.45. The van der Waals surface area contributed by atoms with Gasteiger partial charge in [-0.25, -0.2) is 5.43 Å². The van der Waals surface area contributed by atoms with Crippen molar-refractivity contribution in [2.45, 2.75) is 6.42 Å². The number of hydrogen-bond donors (Lipinski definition) is 1. The van der Waals surface area contributed by atoms with E-state index in [4.69, 9.17) is 0 Å². The lowest BCUT2D eigenvalue weighted by atomic mass is 10.2. The average Bonchev–Trinajstić information content (AvgIpc) is 2.54. The van der Waals surface area contributed by atoms with Crippen molar-refractivity contribution in [2.24, 2.45) is 5.10 Å². The standard InChI is InChI=1S/C15H21N5O3/c1-18-7-9-19(10-8-18)6-5-15(21)17-16-12-13-3-2-4-14(11-13)20(22)23/h2-4,11-12H,5-10H2,1H3,(H,17,21). The molecule has 0 aliphatic carbocycles. The maximum absolute atomic E-state index is 11.7. The largest absolute Gasteiger partial charge is 0.304 e. The SMILES string of the molecule is CN1CCN(CCC(=O)NN=Cc2cccc([N+](=O)[O-])c2)CC1. The minimum atomic E-state index is -0.466. The Hall–Kier alpha value is -2.32. The van der Waals surface area contributed by atoms with E-state index in [0.717, 1.165) is 26.2 Å². The van der Waals surface area contributed by atoms with Gasteiger partial charge in [0, 0.05) is 56.8 Å². The Kier molecular flexibility index (Phi) is 6.19. The van der Waals surface area contributed by atoms with E-state index in [1.807, 2.05) is 0 Å². The van der Waals surface area contributed by atoms with Gasteiger partial charge in [-0.05, 0) is 7.05 Å². The Balaban J connectivity index is 1.73. The molecule has 1 amide bonds. The van der Waals surface area contributed by atoms with Crippen LogP contribution in [0.5, 0.6) is 0 Å². The van der Waals surface area contributed by atoms with Crippen molar-refractivity contribution in [1.82, 2.24) is 15.2 Å². The molecule has 8 nitrogen and oxygen atoms in total. The summed E-state index contributed by atoms with van der Waals surface area (Å²) in [5, 5.41) is 14.5. The van der Waals surface area contributed by atoms with E-state index in [2.05, 4.69) is 27.4 Å². The van der Waals surface area contributed by atoms with Crippen molar-refractivity contribution in [3.05, 3.63) is 39.9 Å². The molecule has 0 unspecified atom stereocenters. The van der Waals surface area contributed by atoms with Crippen LogP contribution < -0.4 is 5.43 Å². The predicted molar refractivity (Wildman–Crippen MR) is 87.4 cm³/mol. The molecule has 1 saturated heterocycles. The van der Waals surface area contributed by atoms with Gasteiger partial charge in [-0.1, -0.05) is 12.1 Å². The normalized spacial score (nSPS) is 16.6. The maximum Gasteiger partial charge on any atom is 0.270 e. The number of nitro groups is 1. The minimum Gasteiger partial charge on any atom is -0.304 e. The van der Waals surface area contributed by atoms with E-state index < -0.39 is 4.92 Å². The number of benzene rings is 1. The summed E-state index contributed by atoms with van der Waals surface area (Å²) in [5.74, 6) is -0.161. The Morgan fingerprint density at radius 3 is 2.83 bits per heavy atom. The van der Waals surface area contributed by atoms with Crippen LogP contribution in [0, 0.1) is 10.1 Å². The van der Waals surface area contributed by atoms with Crippen LogP contribution in [-0.4, -0.2) is 66.6 Å². The molecule has 0 aromatic heterocycles. The van der Waals surface area contributed by atoms with E-state index in [1.165, 1.54) is 18.3 Å². The molecule has 8 heteroatoms. The van der Waals surface area contributed by atoms with Gasteiger partial charge >= 0.3 is 0 Å². The highest BCUT2D eigenvalue weighted by Crippen LogP contribution is 2.11. The van der Waals surface area contributed by atoms with Crippen LogP contribution in [-0.2, 0) is 4.79 Å². The van der Waals surface area contributed by atoms with E-state index >= 15 is 0 Å². The summed E-state index contributed by atoms with van der Waals surface area (Å²) in [6, 6.07) is 6.08. The Labute approximate surface area is 134 Å². The van der Waals surface area contributed by atoms with Crippen molar-refractivity contribution < 1.29 is 9.72 Å². The van der Waals surface area contributed by atoms with E-state index in [9.17, 15) is 14.9 Å². The molecule has 1 aliphatic rings. The molecule has 0 bridgehead atoms. The lowest BCUT2D eigenvalue weighted by Gasteiger charge is -2.32. The van der Waals surface area contributed by atoms with Crippen molar-refractivity contribution in [1.29, 1.82) is 0 Å². The number of amides is 1. The van der Waals surface area contributed by atoms with Crippen LogP contribution in [0.1, 0.15) is 12.0 Å². The number of nitrogens with one attached hydrogen (secondary N) is 1. The third kappa shape index (κ3) is 5.76. The fourth-order valence-electron chi connectivity index (χ4n) is 2.28. The number of piperazine rings is 1. The van der Waals surface area contributed by atoms with Gasteiger partial charge in [0.2, 0.25) is 5.91 Å². The van der Waals surface area contributed by atoms with Crippen molar-refractivity contribution in [2.75, 3.05) is 39.8 Å². The maximum atomic E-state index is 11.7. The summed E-state index contributed by atoms with van der Waals surface area (Å²) < 4.78 is 0. The first-order valence-corrected chi connectivity index (χ1v) is 7.52. The number of carbonyl (C=O) groups is 1. The van der Waals surface area contributed by atoms with Gasteiger partial charge in [0.05, 0.1) is 11.1 Å². The second-order valence-corrected chi connectivity index (χ2v) is 5.54. The third-order valence-corrected chi connectivity index (χ3v) is 3.73. The quantitative estimate of drug-likeness (QED) is 0.473. The summed E-state index contributed by atoms with van der Waals surface area (Å²) in [4.78, 5) is 26.5. The van der Waals surface area contributed by atoms with Crippen molar-refractivity contribution >= 4 is 17.8 Å². The zero-order valence-corrected chi connectivity index (χ0v) is 13.1.